The summed E-state index contributed by atoms with van der Waals surface area (Å²) in [6.45, 7) is 11.9. The number of nitrogens with zero attached hydrogens (tertiary/aromatic N) is 2. The molecule has 1 aliphatic heterocycles. The zero-order valence-corrected chi connectivity index (χ0v) is 10.9. The Bertz CT molecular complexity index is 229. The number of rotatable bonds is 4. The zero-order valence-electron chi connectivity index (χ0n) is 10.9. The van der Waals surface area contributed by atoms with Crippen molar-refractivity contribution in [2.75, 3.05) is 32.8 Å². The average Bonchev–Trinajstić information content (AvgIpc) is 2.25. The maximum absolute atomic E-state index is 12.0. The molecule has 0 bridgehead atoms. The van der Waals surface area contributed by atoms with Gasteiger partial charge in [-0.1, -0.05) is 0 Å². The van der Waals surface area contributed by atoms with Crippen molar-refractivity contribution in [2.45, 2.75) is 39.8 Å². The van der Waals surface area contributed by atoms with E-state index in [9.17, 15) is 4.79 Å². The maximum atomic E-state index is 12.0. The Kier molecular flexibility index (Phi) is 5.22. The molecule has 16 heavy (non-hydrogen) atoms. The lowest BCUT2D eigenvalue weighted by Gasteiger charge is -2.37. The van der Waals surface area contributed by atoms with Crippen molar-refractivity contribution >= 4 is 5.91 Å². The van der Waals surface area contributed by atoms with Crippen molar-refractivity contribution in [1.82, 2.24) is 9.80 Å². The van der Waals surface area contributed by atoms with E-state index in [-0.39, 0.29) is 12.0 Å². The first-order chi connectivity index (χ1) is 7.58. The molecule has 2 atom stereocenters. The SMILES string of the molecule is CCN(CC)C(=O)CN1C[C@@H](C)OC[C@H]1C. The van der Waals surface area contributed by atoms with Crippen molar-refractivity contribution < 1.29 is 9.53 Å². The van der Waals surface area contributed by atoms with Gasteiger partial charge in [0.25, 0.3) is 0 Å². The average molecular weight is 228 g/mol. The fourth-order valence-electron chi connectivity index (χ4n) is 2.04. The van der Waals surface area contributed by atoms with Gasteiger partial charge in [0.05, 0.1) is 19.3 Å². The molecule has 4 heteroatoms. The molecule has 1 heterocycles. The van der Waals surface area contributed by atoms with Crippen LogP contribution in [0.5, 0.6) is 0 Å². The first-order valence-electron chi connectivity index (χ1n) is 6.21. The lowest BCUT2D eigenvalue weighted by molar-refractivity contribution is -0.135. The molecule has 0 spiro atoms. The summed E-state index contributed by atoms with van der Waals surface area (Å²) >= 11 is 0. The summed E-state index contributed by atoms with van der Waals surface area (Å²) in [5, 5.41) is 0. The maximum Gasteiger partial charge on any atom is 0.236 e. The molecule has 94 valence electrons. The Morgan fingerprint density at radius 3 is 2.56 bits per heavy atom. The van der Waals surface area contributed by atoms with Crippen LogP contribution in [0.1, 0.15) is 27.7 Å². The summed E-state index contributed by atoms with van der Waals surface area (Å²) in [6.07, 6.45) is 0.237. The number of likely N-dealkylation sites (N-methyl/N-ethyl adjacent to an activating group) is 1. The van der Waals surface area contributed by atoms with Crippen LogP contribution < -0.4 is 0 Å². The molecule has 0 unspecified atom stereocenters. The Hall–Kier alpha value is -0.610. The highest BCUT2D eigenvalue weighted by atomic mass is 16.5. The van der Waals surface area contributed by atoms with Gasteiger partial charge in [0, 0.05) is 25.7 Å². The predicted molar refractivity (Wildman–Crippen MR) is 64.4 cm³/mol. The van der Waals surface area contributed by atoms with Crippen LogP contribution in [0.25, 0.3) is 0 Å². The van der Waals surface area contributed by atoms with Crippen molar-refractivity contribution in [3.63, 3.8) is 0 Å². The highest BCUT2D eigenvalue weighted by molar-refractivity contribution is 5.78. The number of amides is 1. The fraction of sp³-hybridized carbons (Fsp3) is 0.917. The zero-order chi connectivity index (χ0) is 12.1. The number of carbonyl (C=O) groups is 1. The van der Waals surface area contributed by atoms with Gasteiger partial charge < -0.3 is 9.64 Å². The molecular formula is C12H24N2O2. The molecule has 0 aromatic rings. The summed E-state index contributed by atoms with van der Waals surface area (Å²) in [4.78, 5) is 16.1. The van der Waals surface area contributed by atoms with Crippen molar-refractivity contribution in [3.05, 3.63) is 0 Å². The standard InChI is InChI=1S/C12H24N2O2/c1-5-13(6-2)12(15)8-14-7-11(4)16-9-10(14)3/h10-11H,5-9H2,1-4H3/t10-,11-/m1/s1. The lowest BCUT2D eigenvalue weighted by Crippen LogP contribution is -2.51. The van der Waals surface area contributed by atoms with Crippen LogP contribution >= 0.6 is 0 Å². The Labute approximate surface area is 98.5 Å². The van der Waals surface area contributed by atoms with E-state index in [1.807, 2.05) is 18.7 Å². The molecule has 0 aromatic carbocycles. The Morgan fingerprint density at radius 1 is 1.38 bits per heavy atom. The van der Waals surface area contributed by atoms with E-state index < -0.39 is 0 Å². The Morgan fingerprint density at radius 2 is 2.00 bits per heavy atom. The van der Waals surface area contributed by atoms with Crippen LogP contribution in [0, 0.1) is 0 Å². The van der Waals surface area contributed by atoms with Crippen molar-refractivity contribution in [1.29, 1.82) is 0 Å². The minimum Gasteiger partial charge on any atom is -0.376 e. The third kappa shape index (κ3) is 3.46. The van der Waals surface area contributed by atoms with Crippen LogP contribution in [-0.4, -0.2) is 60.6 Å². The number of ether oxygens (including phenoxy) is 1. The van der Waals surface area contributed by atoms with E-state index in [4.69, 9.17) is 4.74 Å². The molecule has 1 amide bonds. The molecule has 1 rings (SSSR count). The molecule has 0 radical (unpaired) electrons. The summed E-state index contributed by atoms with van der Waals surface area (Å²) in [5.41, 5.74) is 0. The van der Waals surface area contributed by atoms with E-state index >= 15 is 0 Å². The summed E-state index contributed by atoms with van der Waals surface area (Å²) in [6, 6.07) is 0.343. The van der Waals surface area contributed by atoms with Gasteiger partial charge in [-0.3, -0.25) is 9.69 Å². The molecule has 1 fully saturated rings. The third-order valence-corrected chi connectivity index (χ3v) is 3.19. The van der Waals surface area contributed by atoms with Crippen LogP contribution in [-0.2, 0) is 9.53 Å². The molecular weight excluding hydrogens is 204 g/mol. The molecule has 1 saturated heterocycles. The number of hydrogen-bond acceptors (Lipinski definition) is 3. The van der Waals surface area contributed by atoms with Gasteiger partial charge in [-0.15, -0.1) is 0 Å². The van der Waals surface area contributed by atoms with Gasteiger partial charge in [0.15, 0.2) is 0 Å². The number of hydrogen-bond donors (Lipinski definition) is 0. The summed E-state index contributed by atoms with van der Waals surface area (Å²) in [5.74, 6) is 0.228. The van der Waals surface area contributed by atoms with Crippen molar-refractivity contribution in [3.8, 4) is 0 Å². The molecule has 0 N–H and O–H groups in total. The molecule has 0 aliphatic carbocycles. The first kappa shape index (κ1) is 13.5. The fourth-order valence-corrected chi connectivity index (χ4v) is 2.04. The lowest BCUT2D eigenvalue weighted by atomic mass is 10.2. The second-order valence-corrected chi connectivity index (χ2v) is 4.49. The van der Waals surface area contributed by atoms with E-state index in [1.54, 1.807) is 0 Å². The normalized spacial score (nSPS) is 26.8. The monoisotopic (exact) mass is 228 g/mol. The number of morpholine rings is 1. The summed E-state index contributed by atoms with van der Waals surface area (Å²) < 4.78 is 5.55. The largest absolute Gasteiger partial charge is 0.376 e. The van der Waals surface area contributed by atoms with Crippen LogP contribution in [0.4, 0.5) is 0 Å². The third-order valence-electron chi connectivity index (χ3n) is 3.19. The second-order valence-electron chi connectivity index (χ2n) is 4.49. The van der Waals surface area contributed by atoms with Gasteiger partial charge in [-0.25, -0.2) is 0 Å². The topological polar surface area (TPSA) is 32.8 Å². The van der Waals surface area contributed by atoms with Crippen molar-refractivity contribution in [2.24, 2.45) is 0 Å². The minimum atomic E-state index is 0.228. The van der Waals surface area contributed by atoms with Crippen LogP contribution in [0.15, 0.2) is 0 Å². The van der Waals surface area contributed by atoms with Crippen LogP contribution in [0.2, 0.25) is 0 Å². The summed E-state index contributed by atoms with van der Waals surface area (Å²) in [7, 11) is 0. The van der Waals surface area contributed by atoms with Gasteiger partial charge in [0.1, 0.15) is 0 Å². The van der Waals surface area contributed by atoms with E-state index in [1.165, 1.54) is 0 Å². The smallest absolute Gasteiger partial charge is 0.236 e. The number of carbonyl (C=O) groups excluding carboxylic acids is 1. The molecule has 0 saturated carbocycles. The highest BCUT2D eigenvalue weighted by Gasteiger charge is 2.26. The predicted octanol–water partition coefficient (Wildman–Crippen LogP) is 0.964. The highest BCUT2D eigenvalue weighted by Crippen LogP contribution is 2.11. The molecule has 0 aromatic heterocycles. The molecule has 1 aliphatic rings. The van der Waals surface area contributed by atoms with E-state index in [2.05, 4.69) is 18.7 Å². The second kappa shape index (κ2) is 6.21. The van der Waals surface area contributed by atoms with Gasteiger partial charge in [0.2, 0.25) is 5.91 Å². The quantitative estimate of drug-likeness (QED) is 0.718. The first-order valence-corrected chi connectivity index (χ1v) is 6.21. The van der Waals surface area contributed by atoms with Crippen LogP contribution in [0.3, 0.4) is 0 Å². The molecule has 4 nitrogen and oxygen atoms in total. The van der Waals surface area contributed by atoms with E-state index in [0.29, 0.717) is 12.6 Å². The Balaban J connectivity index is 2.48. The van der Waals surface area contributed by atoms with Gasteiger partial charge in [-0.05, 0) is 27.7 Å². The minimum absolute atomic E-state index is 0.228. The van der Waals surface area contributed by atoms with Gasteiger partial charge in [-0.2, -0.15) is 0 Å². The van der Waals surface area contributed by atoms with Gasteiger partial charge >= 0.3 is 0 Å². The van der Waals surface area contributed by atoms with E-state index in [0.717, 1.165) is 26.2 Å².